The largest absolute Gasteiger partial charge is 0.497 e. The monoisotopic (exact) mass is 266 g/mol. The second-order valence-corrected chi connectivity index (χ2v) is 3.43. The molecule has 0 N–H and O–H groups in total. The minimum Gasteiger partial charge on any atom is -0.497 e. The molecule has 0 radical (unpaired) electrons. The summed E-state index contributed by atoms with van der Waals surface area (Å²) >= 11 is 3.07. The highest BCUT2D eigenvalue weighted by atomic mass is 79.9. The van der Waals surface area contributed by atoms with Crippen LogP contribution in [0.2, 0.25) is 0 Å². The zero-order chi connectivity index (χ0) is 10.7. The standard InChI is InChI=1S/C9H7BrN4O/c1-15-7-4-2-6(3-5-7)8-11-13-9(10)14-12-8/h2-5H,1H3. The summed E-state index contributed by atoms with van der Waals surface area (Å²) in [5.41, 5.74) is 0.850. The van der Waals surface area contributed by atoms with Gasteiger partial charge in [-0.05, 0) is 40.2 Å². The van der Waals surface area contributed by atoms with Crippen LogP contribution in [0.5, 0.6) is 5.75 Å². The van der Waals surface area contributed by atoms with E-state index in [1.807, 2.05) is 24.3 Å². The summed E-state index contributed by atoms with van der Waals surface area (Å²) in [6.07, 6.45) is 0. The van der Waals surface area contributed by atoms with Gasteiger partial charge in [-0.1, -0.05) is 0 Å². The van der Waals surface area contributed by atoms with Gasteiger partial charge in [-0.2, -0.15) is 0 Å². The van der Waals surface area contributed by atoms with Crippen LogP contribution in [-0.2, 0) is 0 Å². The first kappa shape index (κ1) is 9.97. The Morgan fingerprint density at radius 2 is 1.60 bits per heavy atom. The number of hydrogen-bond donors (Lipinski definition) is 0. The first-order valence-corrected chi connectivity index (χ1v) is 4.96. The van der Waals surface area contributed by atoms with Crippen molar-refractivity contribution < 1.29 is 4.74 Å². The first-order chi connectivity index (χ1) is 7.29. The van der Waals surface area contributed by atoms with Crippen molar-refractivity contribution in [2.75, 3.05) is 7.11 Å². The minimum absolute atomic E-state index is 0.375. The fourth-order valence-electron chi connectivity index (χ4n) is 1.07. The topological polar surface area (TPSA) is 60.8 Å². The van der Waals surface area contributed by atoms with Crippen molar-refractivity contribution in [2.24, 2.45) is 0 Å². The van der Waals surface area contributed by atoms with E-state index in [0.717, 1.165) is 11.3 Å². The average molecular weight is 267 g/mol. The Kier molecular flexibility index (Phi) is 2.86. The maximum atomic E-state index is 5.04. The summed E-state index contributed by atoms with van der Waals surface area (Å²) in [7, 11) is 1.62. The summed E-state index contributed by atoms with van der Waals surface area (Å²) in [4.78, 5) is 0. The van der Waals surface area contributed by atoms with Crippen LogP contribution in [0.4, 0.5) is 0 Å². The van der Waals surface area contributed by atoms with Crippen molar-refractivity contribution >= 4 is 15.9 Å². The summed E-state index contributed by atoms with van der Waals surface area (Å²) < 4.78 is 5.42. The zero-order valence-corrected chi connectivity index (χ0v) is 9.47. The van der Waals surface area contributed by atoms with Crippen molar-refractivity contribution in [1.82, 2.24) is 20.4 Å². The molecule has 0 saturated heterocycles. The molecular formula is C9H7BrN4O. The van der Waals surface area contributed by atoms with Gasteiger partial charge in [-0.25, -0.2) is 0 Å². The van der Waals surface area contributed by atoms with E-state index < -0.39 is 0 Å². The molecule has 6 heteroatoms. The van der Waals surface area contributed by atoms with Crippen molar-refractivity contribution in [1.29, 1.82) is 0 Å². The van der Waals surface area contributed by atoms with Gasteiger partial charge in [0.1, 0.15) is 5.75 Å². The third kappa shape index (κ3) is 2.27. The highest BCUT2D eigenvalue weighted by molar-refractivity contribution is 9.10. The summed E-state index contributed by atoms with van der Waals surface area (Å²) in [6, 6.07) is 7.37. The van der Waals surface area contributed by atoms with E-state index in [1.165, 1.54) is 0 Å². The van der Waals surface area contributed by atoms with Crippen LogP contribution in [0.3, 0.4) is 0 Å². The number of hydrogen-bond acceptors (Lipinski definition) is 5. The van der Waals surface area contributed by atoms with Gasteiger partial charge in [0.05, 0.1) is 7.11 Å². The second-order valence-electron chi connectivity index (χ2n) is 2.72. The molecule has 2 aromatic rings. The van der Waals surface area contributed by atoms with E-state index in [4.69, 9.17) is 4.74 Å². The molecule has 0 amide bonds. The molecule has 0 bridgehead atoms. The molecule has 5 nitrogen and oxygen atoms in total. The Labute approximate surface area is 94.7 Å². The number of methoxy groups -OCH3 is 1. The van der Waals surface area contributed by atoms with Gasteiger partial charge in [0.15, 0.2) is 0 Å². The molecule has 0 fully saturated rings. The fraction of sp³-hybridized carbons (Fsp3) is 0.111. The van der Waals surface area contributed by atoms with E-state index in [9.17, 15) is 0 Å². The molecule has 76 valence electrons. The zero-order valence-electron chi connectivity index (χ0n) is 7.88. The lowest BCUT2D eigenvalue weighted by molar-refractivity contribution is 0.415. The van der Waals surface area contributed by atoms with Crippen molar-refractivity contribution in [3.8, 4) is 17.1 Å². The lowest BCUT2D eigenvalue weighted by atomic mass is 10.2. The van der Waals surface area contributed by atoms with Gasteiger partial charge in [-0.15, -0.1) is 20.4 Å². The summed E-state index contributed by atoms with van der Waals surface area (Å²) in [6.45, 7) is 0. The van der Waals surface area contributed by atoms with Crippen LogP contribution in [0.1, 0.15) is 0 Å². The van der Waals surface area contributed by atoms with E-state index >= 15 is 0 Å². The third-order valence-electron chi connectivity index (χ3n) is 1.80. The summed E-state index contributed by atoms with van der Waals surface area (Å²) in [5, 5.41) is 15.3. The van der Waals surface area contributed by atoms with Crippen LogP contribution in [0.15, 0.2) is 29.0 Å². The van der Waals surface area contributed by atoms with Gasteiger partial charge < -0.3 is 4.74 Å². The van der Waals surface area contributed by atoms with Crippen molar-refractivity contribution in [3.63, 3.8) is 0 Å². The molecule has 1 heterocycles. The molecule has 0 spiro atoms. The molecule has 2 rings (SSSR count). The minimum atomic E-state index is 0.375. The normalized spacial score (nSPS) is 10.0. The predicted molar refractivity (Wildman–Crippen MR) is 57.3 cm³/mol. The number of ether oxygens (including phenoxy) is 1. The molecular weight excluding hydrogens is 260 g/mol. The van der Waals surface area contributed by atoms with Gasteiger partial charge >= 0.3 is 0 Å². The lowest BCUT2D eigenvalue weighted by Gasteiger charge is -2.00. The molecule has 0 aliphatic heterocycles. The number of rotatable bonds is 2. The van der Waals surface area contributed by atoms with Crippen LogP contribution < -0.4 is 4.74 Å². The lowest BCUT2D eigenvalue weighted by Crippen LogP contribution is -1.96. The highest BCUT2D eigenvalue weighted by Crippen LogP contribution is 2.17. The molecule has 15 heavy (non-hydrogen) atoms. The molecule has 1 aromatic carbocycles. The van der Waals surface area contributed by atoms with Crippen LogP contribution in [0, 0.1) is 0 Å². The first-order valence-electron chi connectivity index (χ1n) is 4.17. The van der Waals surface area contributed by atoms with E-state index in [2.05, 4.69) is 36.3 Å². The van der Waals surface area contributed by atoms with Gasteiger partial charge in [-0.3, -0.25) is 0 Å². The predicted octanol–water partition coefficient (Wildman–Crippen LogP) is 1.70. The summed E-state index contributed by atoms with van der Waals surface area (Å²) in [5.74, 6) is 1.28. The maximum Gasteiger partial charge on any atom is 0.238 e. The van der Waals surface area contributed by atoms with Crippen LogP contribution in [0.25, 0.3) is 11.4 Å². The van der Waals surface area contributed by atoms with Crippen molar-refractivity contribution in [2.45, 2.75) is 0 Å². The quantitative estimate of drug-likeness (QED) is 0.828. The smallest absolute Gasteiger partial charge is 0.238 e. The van der Waals surface area contributed by atoms with Gasteiger partial charge in [0, 0.05) is 5.56 Å². The molecule has 0 atom stereocenters. The van der Waals surface area contributed by atoms with E-state index in [-0.39, 0.29) is 0 Å². The average Bonchev–Trinajstić information content (AvgIpc) is 2.30. The van der Waals surface area contributed by atoms with Crippen LogP contribution >= 0.6 is 15.9 Å². The SMILES string of the molecule is COc1ccc(-c2nnc(Br)nn2)cc1. The van der Waals surface area contributed by atoms with E-state index in [0.29, 0.717) is 10.6 Å². The Bertz CT molecular complexity index is 443. The Balaban J connectivity index is 2.33. The fourth-order valence-corrected chi connectivity index (χ4v) is 1.23. The van der Waals surface area contributed by atoms with Crippen LogP contribution in [-0.4, -0.2) is 27.5 Å². The van der Waals surface area contributed by atoms with E-state index in [1.54, 1.807) is 7.11 Å². The molecule has 0 saturated carbocycles. The Hall–Kier alpha value is -1.56. The Morgan fingerprint density at radius 1 is 1.00 bits per heavy atom. The Morgan fingerprint density at radius 3 is 2.13 bits per heavy atom. The number of aromatic nitrogens is 4. The number of halogens is 1. The molecule has 0 unspecified atom stereocenters. The molecule has 1 aromatic heterocycles. The third-order valence-corrected chi connectivity index (χ3v) is 2.12. The molecule has 0 aliphatic rings. The van der Waals surface area contributed by atoms with Gasteiger partial charge in [0.25, 0.3) is 0 Å². The van der Waals surface area contributed by atoms with Crippen molar-refractivity contribution in [3.05, 3.63) is 29.0 Å². The molecule has 0 aliphatic carbocycles. The highest BCUT2D eigenvalue weighted by Gasteiger charge is 2.02. The number of nitrogens with zero attached hydrogens (tertiary/aromatic N) is 4. The number of benzene rings is 1. The second kappa shape index (κ2) is 4.31. The van der Waals surface area contributed by atoms with Gasteiger partial charge in [0.2, 0.25) is 10.6 Å². The maximum absolute atomic E-state index is 5.04.